The van der Waals surface area contributed by atoms with Gasteiger partial charge in [-0.2, -0.15) is 0 Å². The van der Waals surface area contributed by atoms with Crippen LogP contribution in [0.2, 0.25) is 0 Å². The minimum Gasteiger partial charge on any atom is -0.497 e. The van der Waals surface area contributed by atoms with Gasteiger partial charge in [0.05, 0.1) is 7.11 Å². The van der Waals surface area contributed by atoms with Crippen LogP contribution in [0.4, 0.5) is 5.69 Å². The minimum atomic E-state index is 0.218. The highest BCUT2D eigenvalue weighted by Crippen LogP contribution is 2.26. The second-order valence-corrected chi connectivity index (χ2v) is 7.62. The number of piperidine rings is 1. The first-order valence-corrected chi connectivity index (χ1v) is 10.4. The first-order chi connectivity index (χ1) is 13.6. The third-order valence-corrected chi connectivity index (χ3v) is 5.78. The van der Waals surface area contributed by atoms with Gasteiger partial charge < -0.3 is 14.5 Å². The van der Waals surface area contributed by atoms with Gasteiger partial charge in [0.15, 0.2) is 0 Å². The summed E-state index contributed by atoms with van der Waals surface area (Å²) < 4.78 is 5.25. The molecule has 1 unspecified atom stereocenters. The largest absolute Gasteiger partial charge is 0.497 e. The molecule has 1 saturated heterocycles. The highest BCUT2D eigenvalue weighted by Gasteiger charge is 2.29. The topological polar surface area (TPSA) is 32.8 Å². The Hall–Kier alpha value is -2.33. The van der Waals surface area contributed by atoms with Crippen LogP contribution in [-0.2, 0) is 11.2 Å². The molecule has 0 aromatic heterocycles. The molecule has 1 atom stereocenters. The van der Waals surface area contributed by atoms with E-state index in [2.05, 4.69) is 24.0 Å². The van der Waals surface area contributed by atoms with Gasteiger partial charge in [-0.05, 0) is 56.0 Å². The third kappa shape index (κ3) is 4.93. The molecule has 0 bridgehead atoms. The van der Waals surface area contributed by atoms with Crippen LogP contribution in [0.15, 0.2) is 54.6 Å². The quantitative estimate of drug-likeness (QED) is 0.707. The number of likely N-dealkylation sites (tertiary alicyclic amines) is 1. The molecule has 1 heterocycles. The molecule has 1 aliphatic heterocycles. The second kappa shape index (κ2) is 9.74. The first kappa shape index (κ1) is 20.4. The fourth-order valence-corrected chi connectivity index (χ4v) is 4.13. The summed E-state index contributed by atoms with van der Waals surface area (Å²) in [6.45, 7) is 6.31. The van der Waals surface area contributed by atoms with Gasteiger partial charge in [-0.3, -0.25) is 4.79 Å². The summed E-state index contributed by atoms with van der Waals surface area (Å²) in [7, 11) is 1.70. The fraction of sp³-hybridized carbons (Fsp3) is 0.458. The lowest BCUT2D eigenvalue weighted by Crippen LogP contribution is -2.49. The summed E-state index contributed by atoms with van der Waals surface area (Å²) in [6, 6.07) is 19.3. The molecular formula is C24H32N2O2. The standard InChI is InChI=1S/C24H32N2O2/c1-4-24(27)26(21-8-6-5-7-9-21)22-14-16-25(17-15-22)19(2)18-20-10-12-23(28-3)13-11-20/h5-13,19,22H,4,14-18H2,1-3H3. The molecule has 2 aromatic carbocycles. The molecule has 0 radical (unpaired) electrons. The van der Waals surface area contributed by atoms with E-state index in [9.17, 15) is 4.79 Å². The molecule has 28 heavy (non-hydrogen) atoms. The van der Waals surface area contributed by atoms with Crippen molar-refractivity contribution >= 4 is 11.6 Å². The Kier molecular flexibility index (Phi) is 7.10. The lowest BCUT2D eigenvalue weighted by molar-refractivity contribution is -0.119. The first-order valence-electron chi connectivity index (χ1n) is 10.4. The molecule has 4 heteroatoms. The maximum absolute atomic E-state index is 12.6. The minimum absolute atomic E-state index is 0.218. The SMILES string of the molecule is CCC(=O)N(c1ccccc1)C1CCN(C(C)Cc2ccc(OC)cc2)CC1. The summed E-state index contributed by atoms with van der Waals surface area (Å²) in [5.41, 5.74) is 2.36. The summed E-state index contributed by atoms with van der Waals surface area (Å²) in [6.07, 6.45) is 3.62. The predicted octanol–water partition coefficient (Wildman–Crippen LogP) is 4.53. The number of carbonyl (C=O) groups is 1. The summed E-state index contributed by atoms with van der Waals surface area (Å²) in [5, 5.41) is 0. The van der Waals surface area contributed by atoms with Crippen LogP contribution in [-0.4, -0.2) is 43.1 Å². The van der Waals surface area contributed by atoms with Gasteiger partial charge in [-0.25, -0.2) is 0 Å². The molecule has 1 amide bonds. The smallest absolute Gasteiger partial charge is 0.226 e. The summed E-state index contributed by atoms with van der Waals surface area (Å²) in [4.78, 5) is 17.2. The van der Waals surface area contributed by atoms with Crippen LogP contribution in [0.25, 0.3) is 0 Å². The van der Waals surface area contributed by atoms with Gasteiger partial charge in [0, 0.05) is 37.3 Å². The van der Waals surface area contributed by atoms with Crippen molar-refractivity contribution in [1.82, 2.24) is 4.90 Å². The van der Waals surface area contributed by atoms with Crippen molar-refractivity contribution < 1.29 is 9.53 Å². The monoisotopic (exact) mass is 380 g/mol. The van der Waals surface area contributed by atoms with Crippen LogP contribution in [0.3, 0.4) is 0 Å². The highest BCUT2D eigenvalue weighted by atomic mass is 16.5. The molecule has 0 saturated carbocycles. The van der Waals surface area contributed by atoms with Crippen molar-refractivity contribution in [3.05, 3.63) is 60.2 Å². The summed E-state index contributed by atoms with van der Waals surface area (Å²) in [5.74, 6) is 1.12. The van der Waals surface area contributed by atoms with Crippen LogP contribution < -0.4 is 9.64 Å². The Bertz CT molecular complexity index is 737. The van der Waals surface area contributed by atoms with E-state index in [1.54, 1.807) is 7.11 Å². The molecule has 0 N–H and O–H groups in total. The van der Waals surface area contributed by atoms with Crippen molar-refractivity contribution in [2.75, 3.05) is 25.1 Å². The zero-order valence-corrected chi connectivity index (χ0v) is 17.3. The van der Waals surface area contributed by atoms with E-state index in [0.717, 1.165) is 43.8 Å². The van der Waals surface area contributed by atoms with E-state index in [1.807, 2.05) is 54.3 Å². The van der Waals surface area contributed by atoms with Crippen molar-refractivity contribution in [2.24, 2.45) is 0 Å². The number of hydrogen-bond acceptors (Lipinski definition) is 3. The summed E-state index contributed by atoms with van der Waals surface area (Å²) >= 11 is 0. The average Bonchev–Trinajstić information content (AvgIpc) is 2.75. The number of anilines is 1. The van der Waals surface area contributed by atoms with Gasteiger partial charge >= 0.3 is 0 Å². The number of rotatable bonds is 7. The fourth-order valence-electron chi connectivity index (χ4n) is 4.13. The van der Waals surface area contributed by atoms with Crippen LogP contribution in [0, 0.1) is 0 Å². The number of para-hydroxylation sites is 1. The molecule has 3 rings (SSSR count). The number of nitrogens with zero attached hydrogens (tertiary/aromatic N) is 2. The zero-order valence-electron chi connectivity index (χ0n) is 17.3. The predicted molar refractivity (Wildman–Crippen MR) is 115 cm³/mol. The third-order valence-electron chi connectivity index (χ3n) is 5.78. The van der Waals surface area contributed by atoms with Crippen LogP contribution in [0.5, 0.6) is 5.75 Å². The molecule has 0 aliphatic carbocycles. The Balaban J connectivity index is 1.59. The van der Waals surface area contributed by atoms with Crippen molar-refractivity contribution in [3.8, 4) is 5.75 Å². The molecule has 0 spiro atoms. The number of ether oxygens (including phenoxy) is 1. The van der Waals surface area contributed by atoms with E-state index >= 15 is 0 Å². The Morgan fingerprint density at radius 3 is 2.32 bits per heavy atom. The van der Waals surface area contributed by atoms with Gasteiger partial charge in [-0.15, -0.1) is 0 Å². The number of methoxy groups -OCH3 is 1. The van der Waals surface area contributed by atoms with E-state index in [-0.39, 0.29) is 5.91 Å². The van der Waals surface area contributed by atoms with E-state index in [0.29, 0.717) is 18.5 Å². The van der Waals surface area contributed by atoms with Gasteiger partial charge in [0.2, 0.25) is 5.91 Å². The zero-order chi connectivity index (χ0) is 19.9. The van der Waals surface area contributed by atoms with Gasteiger partial charge in [-0.1, -0.05) is 37.3 Å². The lowest BCUT2D eigenvalue weighted by atomic mass is 9.98. The van der Waals surface area contributed by atoms with E-state index in [1.165, 1.54) is 5.56 Å². The van der Waals surface area contributed by atoms with E-state index in [4.69, 9.17) is 4.74 Å². The average molecular weight is 381 g/mol. The number of amides is 1. The second-order valence-electron chi connectivity index (χ2n) is 7.62. The Morgan fingerprint density at radius 2 is 1.75 bits per heavy atom. The lowest BCUT2D eigenvalue weighted by Gasteiger charge is -2.40. The van der Waals surface area contributed by atoms with Crippen LogP contribution >= 0.6 is 0 Å². The molecule has 1 aliphatic rings. The molecular weight excluding hydrogens is 348 g/mol. The number of benzene rings is 2. The maximum atomic E-state index is 12.6. The van der Waals surface area contributed by atoms with Crippen molar-refractivity contribution in [1.29, 1.82) is 0 Å². The molecule has 4 nitrogen and oxygen atoms in total. The van der Waals surface area contributed by atoms with Gasteiger partial charge in [0.1, 0.15) is 5.75 Å². The number of carbonyl (C=O) groups excluding carboxylic acids is 1. The molecule has 150 valence electrons. The molecule has 1 fully saturated rings. The number of hydrogen-bond donors (Lipinski definition) is 0. The van der Waals surface area contributed by atoms with Crippen molar-refractivity contribution in [3.63, 3.8) is 0 Å². The van der Waals surface area contributed by atoms with Crippen molar-refractivity contribution in [2.45, 2.75) is 51.6 Å². The normalized spacial score (nSPS) is 16.5. The van der Waals surface area contributed by atoms with Crippen LogP contribution in [0.1, 0.15) is 38.7 Å². The van der Waals surface area contributed by atoms with Gasteiger partial charge in [0.25, 0.3) is 0 Å². The maximum Gasteiger partial charge on any atom is 0.226 e. The highest BCUT2D eigenvalue weighted by molar-refractivity contribution is 5.93. The Labute approximate surface area is 169 Å². The molecule has 2 aromatic rings. The van der Waals surface area contributed by atoms with E-state index < -0.39 is 0 Å². The Morgan fingerprint density at radius 1 is 1.11 bits per heavy atom.